The molecule has 2 aromatic carbocycles. The number of aliphatic hydroxyl groups excluding tert-OH is 2. The second-order valence-electron chi connectivity index (χ2n) is 13.0. The standard InChI is InChI=1S/C33H42N4O5/c1-19(2)29(37-17-23-9-7-8-10-25(23)31(37)40)32(41)36-18-24(38)14-28(36)30(39)34-15-22-12-11-21(13-27(22)33(4,5)6)26-16-35-42-20(26)3/h7-13,16,19,24,28-29,31,38,40H,14-15,17-18H2,1-6H3,(H,34,39). The van der Waals surface area contributed by atoms with Crippen LogP contribution < -0.4 is 5.32 Å². The summed E-state index contributed by atoms with van der Waals surface area (Å²) in [6, 6.07) is 12.3. The first-order chi connectivity index (χ1) is 19.9. The van der Waals surface area contributed by atoms with Crippen LogP contribution in [0, 0.1) is 12.8 Å². The van der Waals surface area contributed by atoms with E-state index in [1.165, 1.54) is 4.90 Å². The maximum Gasteiger partial charge on any atom is 0.243 e. The van der Waals surface area contributed by atoms with Gasteiger partial charge in [-0.3, -0.25) is 14.5 Å². The van der Waals surface area contributed by atoms with Gasteiger partial charge in [0.25, 0.3) is 0 Å². The first-order valence-electron chi connectivity index (χ1n) is 14.7. The minimum absolute atomic E-state index is 0.0804. The van der Waals surface area contributed by atoms with Crippen molar-refractivity contribution in [3.8, 4) is 11.1 Å². The van der Waals surface area contributed by atoms with E-state index in [1.807, 2.05) is 57.2 Å². The Kier molecular flexibility index (Phi) is 8.29. The van der Waals surface area contributed by atoms with Gasteiger partial charge in [0.2, 0.25) is 11.8 Å². The molecule has 4 atom stereocenters. The number of aromatic nitrogens is 1. The third kappa shape index (κ3) is 5.73. The Balaban J connectivity index is 1.34. The van der Waals surface area contributed by atoms with Crippen molar-refractivity contribution in [1.29, 1.82) is 0 Å². The van der Waals surface area contributed by atoms with E-state index in [4.69, 9.17) is 4.52 Å². The van der Waals surface area contributed by atoms with Crippen LogP contribution >= 0.6 is 0 Å². The molecular weight excluding hydrogens is 532 g/mol. The monoisotopic (exact) mass is 574 g/mol. The van der Waals surface area contributed by atoms with Crippen LogP contribution in [0.3, 0.4) is 0 Å². The lowest BCUT2D eigenvalue weighted by Gasteiger charge is -2.36. The zero-order valence-corrected chi connectivity index (χ0v) is 25.3. The van der Waals surface area contributed by atoms with Gasteiger partial charge in [-0.05, 0) is 46.1 Å². The van der Waals surface area contributed by atoms with E-state index in [9.17, 15) is 19.8 Å². The molecule has 0 aliphatic carbocycles. The molecule has 0 radical (unpaired) electrons. The normalized spacial score (nSPS) is 21.5. The summed E-state index contributed by atoms with van der Waals surface area (Å²) in [5, 5.41) is 28.6. The highest BCUT2D eigenvalue weighted by Crippen LogP contribution is 2.37. The Hall–Kier alpha value is -3.53. The summed E-state index contributed by atoms with van der Waals surface area (Å²) >= 11 is 0. The van der Waals surface area contributed by atoms with E-state index in [1.54, 1.807) is 11.1 Å². The first-order valence-corrected chi connectivity index (χ1v) is 14.7. The van der Waals surface area contributed by atoms with Crippen LogP contribution in [0.4, 0.5) is 0 Å². The molecule has 3 heterocycles. The van der Waals surface area contributed by atoms with Crippen molar-refractivity contribution >= 4 is 11.8 Å². The third-order valence-electron chi connectivity index (χ3n) is 8.54. The van der Waals surface area contributed by atoms with E-state index in [2.05, 4.69) is 37.3 Å². The molecule has 2 amide bonds. The molecule has 0 spiro atoms. The van der Waals surface area contributed by atoms with E-state index in [0.29, 0.717) is 6.54 Å². The average molecular weight is 575 g/mol. The van der Waals surface area contributed by atoms with Crippen LogP contribution in [-0.2, 0) is 28.1 Å². The molecule has 4 unspecified atom stereocenters. The van der Waals surface area contributed by atoms with Crippen molar-refractivity contribution in [2.75, 3.05) is 6.54 Å². The number of hydrogen-bond acceptors (Lipinski definition) is 7. The summed E-state index contributed by atoms with van der Waals surface area (Å²) in [6.07, 6.45) is 0.176. The van der Waals surface area contributed by atoms with Crippen LogP contribution in [0.15, 0.2) is 53.2 Å². The maximum absolute atomic E-state index is 14.0. The van der Waals surface area contributed by atoms with Crippen molar-refractivity contribution in [2.24, 2.45) is 5.92 Å². The predicted octanol–water partition coefficient (Wildman–Crippen LogP) is 4.06. The van der Waals surface area contributed by atoms with E-state index >= 15 is 0 Å². The zero-order valence-electron chi connectivity index (χ0n) is 25.3. The lowest BCUT2D eigenvalue weighted by molar-refractivity contribution is -0.149. The highest BCUT2D eigenvalue weighted by Gasteiger charge is 2.46. The van der Waals surface area contributed by atoms with Crippen LogP contribution in [0.1, 0.15) is 75.3 Å². The highest BCUT2D eigenvalue weighted by atomic mass is 16.5. The molecule has 42 heavy (non-hydrogen) atoms. The third-order valence-corrected chi connectivity index (χ3v) is 8.54. The minimum atomic E-state index is -0.905. The number of β-amino-alcohol motifs (C(OH)–C–C–N with tert-alkyl or cyclic N) is 1. The number of rotatable bonds is 7. The van der Waals surface area contributed by atoms with E-state index < -0.39 is 24.4 Å². The van der Waals surface area contributed by atoms with Gasteiger partial charge >= 0.3 is 0 Å². The number of carbonyl (C=O) groups excluding carboxylic acids is 2. The summed E-state index contributed by atoms with van der Waals surface area (Å²) in [4.78, 5) is 30.9. The van der Waals surface area contributed by atoms with Gasteiger partial charge in [0.15, 0.2) is 0 Å². The second kappa shape index (κ2) is 11.6. The first kappa shape index (κ1) is 29.9. The Morgan fingerprint density at radius 2 is 1.88 bits per heavy atom. The number of hydrogen-bond donors (Lipinski definition) is 3. The molecule has 2 aliphatic rings. The van der Waals surface area contributed by atoms with Crippen LogP contribution in [0.2, 0.25) is 0 Å². The molecule has 0 bridgehead atoms. The Labute approximate surface area is 247 Å². The maximum atomic E-state index is 14.0. The van der Waals surface area contributed by atoms with Gasteiger partial charge in [-0.25, -0.2) is 0 Å². The molecule has 9 heteroatoms. The zero-order chi connectivity index (χ0) is 30.3. The molecule has 3 aromatic rings. The van der Waals surface area contributed by atoms with Gasteiger partial charge in [-0.2, -0.15) is 0 Å². The SMILES string of the molecule is Cc1oncc1-c1ccc(CNC(=O)C2CC(O)CN2C(=O)C(C(C)C)N2Cc3ccccc3C2O)c(C(C)(C)C)c1. The fourth-order valence-corrected chi connectivity index (χ4v) is 6.40. The molecule has 224 valence electrons. The molecule has 1 fully saturated rings. The fraction of sp³-hybridized carbons (Fsp3) is 0.485. The number of carbonyl (C=O) groups is 2. The number of likely N-dealkylation sites (tertiary alicyclic amines) is 1. The summed E-state index contributed by atoms with van der Waals surface area (Å²) in [6.45, 7) is 13.0. The molecule has 9 nitrogen and oxygen atoms in total. The van der Waals surface area contributed by atoms with Crippen LogP contribution in [-0.4, -0.2) is 61.7 Å². The molecule has 1 aromatic heterocycles. The van der Waals surface area contributed by atoms with Gasteiger partial charge in [0.05, 0.1) is 18.3 Å². The van der Waals surface area contributed by atoms with Gasteiger partial charge in [-0.15, -0.1) is 0 Å². The van der Waals surface area contributed by atoms with E-state index in [0.717, 1.165) is 39.1 Å². The molecular formula is C33H42N4O5. The number of aryl methyl sites for hydroxylation is 1. The molecule has 2 aliphatic heterocycles. The van der Waals surface area contributed by atoms with Crippen LogP contribution in [0.25, 0.3) is 11.1 Å². The number of fused-ring (bicyclic) bond motifs is 1. The lowest BCUT2D eigenvalue weighted by atomic mass is 9.82. The van der Waals surface area contributed by atoms with Crippen molar-refractivity contribution in [2.45, 2.75) is 90.9 Å². The van der Waals surface area contributed by atoms with Gasteiger partial charge in [-0.1, -0.05) is 82.2 Å². The second-order valence-corrected chi connectivity index (χ2v) is 13.0. The van der Waals surface area contributed by atoms with Crippen molar-refractivity contribution in [3.05, 3.63) is 76.7 Å². The molecule has 1 saturated heterocycles. The van der Waals surface area contributed by atoms with Gasteiger partial charge < -0.3 is 25.0 Å². The van der Waals surface area contributed by atoms with Crippen molar-refractivity contribution < 1.29 is 24.3 Å². The largest absolute Gasteiger partial charge is 0.391 e. The number of aliphatic hydroxyl groups is 2. The molecule has 5 rings (SSSR count). The number of amides is 2. The van der Waals surface area contributed by atoms with Crippen molar-refractivity contribution in [1.82, 2.24) is 20.3 Å². The smallest absolute Gasteiger partial charge is 0.243 e. The van der Waals surface area contributed by atoms with E-state index in [-0.39, 0.29) is 42.7 Å². The summed E-state index contributed by atoms with van der Waals surface area (Å²) in [7, 11) is 0. The highest BCUT2D eigenvalue weighted by molar-refractivity contribution is 5.91. The van der Waals surface area contributed by atoms with Gasteiger partial charge in [0, 0.05) is 31.6 Å². The topological polar surface area (TPSA) is 119 Å². The summed E-state index contributed by atoms with van der Waals surface area (Å²) < 4.78 is 5.26. The molecule has 0 saturated carbocycles. The predicted molar refractivity (Wildman–Crippen MR) is 159 cm³/mol. The Bertz CT molecular complexity index is 1460. The summed E-state index contributed by atoms with van der Waals surface area (Å²) in [5.74, 6) is 0.0687. The number of nitrogens with zero attached hydrogens (tertiary/aromatic N) is 3. The van der Waals surface area contributed by atoms with Gasteiger partial charge in [0.1, 0.15) is 18.0 Å². The number of benzene rings is 2. The minimum Gasteiger partial charge on any atom is -0.391 e. The average Bonchev–Trinajstić information content (AvgIpc) is 3.64. The quantitative estimate of drug-likeness (QED) is 0.389. The summed E-state index contributed by atoms with van der Waals surface area (Å²) in [5.41, 5.74) is 5.58. The lowest BCUT2D eigenvalue weighted by Crippen LogP contribution is -2.55. The fourth-order valence-electron chi connectivity index (χ4n) is 6.40. The number of nitrogens with one attached hydrogen (secondary N) is 1. The van der Waals surface area contributed by atoms with Crippen LogP contribution in [0.5, 0.6) is 0 Å². The Morgan fingerprint density at radius 3 is 2.52 bits per heavy atom. The Morgan fingerprint density at radius 1 is 1.14 bits per heavy atom. The van der Waals surface area contributed by atoms with Crippen molar-refractivity contribution in [3.63, 3.8) is 0 Å². The molecule has 3 N–H and O–H groups in total.